The van der Waals surface area contributed by atoms with Crippen LogP contribution >= 0.6 is 0 Å². The fourth-order valence-corrected chi connectivity index (χ4v) is 5.07. The predicted molar refractivity (Wildman–Crippen MR) is 107 cm³/mol. The fourth-order valence-electron chi connectivity index (χ4n) is 5.07. The number of β-amino-alcohol motifs (C(OH)–C–C–N with tert-alkyl or cyclic N) is 1. The highest BCUT2D eigenvalue weighted by molar-refractivity contribution is 5.79. The van der Waals surface area contributed by atoms with E-state index in [9.17, 15) is 19.8 Å². The minimum atomic E-state index is -0.700. The molecule has 2 aliphatic rings. The Balaban J connectivity index is 1.54. The number of aliphatic hydroxyl groups excluding tert-OH is 2. The lowest BCUT2D eigenvalue weighted by atomic mass is 9.95. The van der Waals surface area contributed by atoms with Crippen LogP contribution in [0.1, 0.15) is 35.5 Å². The number of aliphatic hydroxyl groups is 2. The van der Waals surface area contributed by atoms with Crippen molar-refractivity contribution in [2.45, 2.75) is 38.7 Å². The van der Waals surface area contributed by atoms with Gasteiger partial charge in [-0.15, -0.1) is 0 Å². The van der Waals surface area contributed by atoms with Gasteiger partial charge < -0.3 is 20.1 Å². The molecule has 4 rings (SSSR count). The number of likely N-dealkylation sites (tertiary alicyclic amines) is 1. The molecule has 1 aromatic heterocycles. The zero-order valence-corrected chi connectivity index (χ0v) is 16.8. The van der Waals surface area contributed by atoms with Crippen molar-refractivity contribution >= 4 is 5.91 Å². The Morgan fingerprint density at radius 3 is 2.69 bits per heavy atom. The molecular formula is C22H27N3O4. The van der Waals surface area contributed by atoms with Gasteiger partial charge in [-0.2, -0.15) is 0 Å². The van der Waals surface area contributed by atoms with Crippen LogP contribution < -0.4 is 5.56 Å². The average Bonchev–Trinajstić information content (AvgIpc) is 3.25. The largest absolute Gasteiger partial charge is 0.396 e. The maximum absolute atomic E-state index is 12.9. The average molecular weight is 397 g/mol. The summed E-state index contributed by atoms with van der Waals surface area (Å²) in [6, 6.07) is 9.83. The number of aryl methyl sites for hydroxylation is 2. The van der Waals surface area contributed by atoms with Gasteiger partial charge in [-0.1, -0.05) is 37.3 Å². The van der Waals surface area contributed by atoms with Crippen LogP contribution in [0.5, 0.6) is 0 Å². The zero-order chi connectivity index (χ0) is 20.8. The second-order valence-electron chi connectivity index (χ2n) is 8.19. The molecule has 2 heterocycles. The number of H-pyrrole nitrogens is 1. The van der Waals surface area contributed by atoms with Crippen LogP contribution in [0.15, 0.2) is 35.1 Å². The number of nitrogens with zero attached hydrogens (tertiary/aromatic N) is 2. The van der Waals surface area contributed by atoms with Gasteiger partial charge in [-0.3, -0.25) is 9.59 Å². The molecule has 3 N–H and O–H groups in total. The normalized spacial score (nSPS) is 28.1. The maximum atomic E-state index is 12.9. The summed E-state index contributed by atoms with van der Waals surface area (Å²) in [5.41, 5.74) is 1.22. The minimum Gasteiger partial charge on any atom is -0.396 e. The van der Waals surface area contributed by atoms with Gasteiger partial charge in [-0.25, -0.2) is 4.98 Å². The number of hydrogen-bond donors (Lipinski definition) is 3. The number of nitrogens with one attached hydrogen (secondary N) is 1. The maximum Gasteiger partial charge on any atom is 0.254 e. The third-order valence-corrected chi connectivity index (χ3v) is 6.68. The van der Waals surface area contributed by atoms with E-state index in [2.05, 4.69) is 9.97 Å². The van der Waals surface area contributed by atoms with Crippen molar-refractivity contribution in [1.82, 2.24) is 14.9 Å². The van der Waals surface area contributed by atoms with E-state index in [1.807, 2.05) is 37.3 Å². The molecule has 1 amide bonds. The Labute approximate surface area is 169 Å². The van der Waals surface area contributed by atoms with Crippen LogP contribution in [0, 0.1) is 18.3 Å². The van der Waals surface area contributed by atoms with Gasteiger partial charge in [0.05, 0.1) is 12.5 Å². The predicted octanol–water partition coefficient (Wildman–Crippen LogP) is 0.779. The summed E-state index contributed by atoms with van der Waals surface area (Å²) in [4.78, 5) is 34.0. The fraction of sp³-hybridized carbons (Fsp3) is 0.500. The first-order valence-electron chi connectivity index (χ1n) is 10.1. The SMILES string of the molecule is CCc1nc(C)c(CC(=O)N2C[C@H](O)[C@@]3(C2)[C@H](CO)[C@H]3c2ccccc2)c(=O)[nH]1. The lowest BCUT2D eigenvalue weighted by Gasteiger charge is -2.17. The summed E-state index contributed by atoms with van der Waals surface area (Å²) in [6.07, 6.45) is -0.122. The molecule has 1 spiro atoms. The van der Waals surface area contributed by atoms with Crippen LogP contribution in [-0.4, -0.2) is 56.8 Å². The van der Waals surface area contributed by atoms with Crippen molar-refractivity contribution < 1.29 is 15.0 Å². The van der Waals surface area contributed by atoms with E-state index in [1.54, 1.807) is 11.8 Å². The van der Waals surface area contributed by atoms with E-state index in [0.29, 0.717) is 30.0 Å². The molecule has 0 unspecified atom stereocenters. The number of aromatic amines is 1. The Morgan fingerprint density at radius 2 is 2.07 bits per heavy atom. The second kappa shape index (κ2) is 7.39. The van der Waals surface area contributed by atoms with E-state index in [1.165, 1.54) is 0 Å². The summed E-state index contributed by atoms with van der Waals surface area (Å²) in [7, 11) is 0. The number of hydrogen-bond acceptors (Lipinski definition) is 5. The number of amides is 1. The second-order valence-corrected chi connectivity index (χ2v) is 8.19. The quantitative estimate of drug-likeness (QED) is 0.691. The molecular weight excluding hydrogens is 370 g/mol. The molecule has 7 nitrogen and oxygen atoms in total. The van der Waals surface area contributed by atoms with Crippen LogP contribution in [0.25, 0.3) is 0 Å². The summed E-state index contributed by atoms with van der Waals surface area (Å²) in [5.74, 6) is 0.357. The number of rotatable bonds is 5. The Morgan fingerprint density at radius 1 is 1.34 bits per heavy atom. The Kier molecular flexibility index (Phi) is 5.04. The molecule has 2 aromatic rings. The van der Waals surface area contributed by atoms with Crippen molar-refractivity contribution in [1.29, 1.82) is 0 Å². The molecule has 1 aliphatic heterocycles. The Bertz CT molecular complexity index is 974. The third kappa shape index (κ3) is 3.18. The first kappa shape index (κ1) is 19.8. The minimum absolute atomic E-state index is 0.0251. The molecule has 0 radical (unpaired) electrons. The molecule has 1 saturated heterocycles. The van der Waals surface area contributed by atoms with Crippen LogP contribution in [0.3, 0.4) is 0 Å². The van der Waals surface area contributed by atoms with Crippen LogP contribution in [0.4, 0.5) is 0 Å². The van der Waals surface area contributed by atoms with Crippen LogP contribution in [-0.2, 0) is 17.6 Å². The van der Waals surface area contributed by atoms with Crippen molar-refractivity contribution in [3.05, 3.63) is 63.3 Å². The Hall–Kier alpha value is -2.51. The van der Waals surface area contributed by atoms with Crippen molar-refractivity contribution in [3.8, 4) is 0 Å². The zero-order valence-electron chi connectivity index (χ0n) is 16.8. The summed E-state index contributed by atoms with van der Waals surface area (Å²) >= 11 is 0. The van der Waals surface area contributed by atoms with E-state index in [4.69, 9.17) is 0 Å². The van der Waals surface area contributed by atoms with Crippen molar-refractivity contribution in [3.63, 3.8) is 0 Å². The lowest BCUT2D eigenvalue weighted by molar-refractivity contribution is -0.129. The van der Waals surface area contributed by atoms with Gasteiger partial charge in [0.25, 0.3) is 5.56 Å². The topological polar surface area (TPSA) is 107 Å². The van der Waals surface area contributed by atoms with Gasteiger partial charge in [0, 0.05) is 42.8 Å². The van der Waals surface area contributed by atoms with E-state index in [-0.39, 0.29) is 42.9 Å². The van der Waals surface area contributed by atoms with E-state index in [0.717, 1.165) is 5.56 Å². The first-order valence-corrected chi connectivity index (χ1v) is 10.1. The lowest BCUT2D eigenvalue weighted by Crippen LogP contribution is -2.33. The summed E-state index contributed by atoms with van der Waals surface area (Å²) in [6.45, 7) is 4.22. The first-order chi connectivity index (χ1) is 13.9. The highest BCUT2D eigenvalue weighted by Crippen LogP contribution is 2.68. The van der Waals surface area contributed by atoms with Gasteiger partial charge in [0.15, 0.2) is 0 Å². The number of benzene rings is 1. The van der Waals surface area contributed by atoms with Crippen molar-refractivity contribution in [2.75, 3.05) is 19.7 Å². The summed E-state index contributed by atoms with van der Waals surface area (Å²) < 4.78 is 0. The highest BCUT2D eigenvalue weighted by Gasteiger charge is 2.71. The van der Waals surface area contributed by atoms with Crippen LogP contribution in [0.2, 0.25) is 0 Å². The van der Waals surface area contributed by atoms with Gasteiger partial charge in [0.2, 0.25) is 5.91 Å². The monoisotopic (exact) mass is 397 g/mol. The molecule has 4 atom stereocenters. The molecule has 0 bridgehead atoms. The van der Waals surface area contributed by atoms with Gasteiger partial charge in [0.1, 0.15) is 5.82 Å². The number of carbonyl (C=O) groups excluding carboxylic acids is 1. The summed E-state index contributed by atoms with van der Waals surface area (Å²) in [5, 5.41) is 20.7. The molecule has 7 heteroatoms. The van der Waals surface area contributed by atoms with Gasteiger partial charge in [-0.05, 0) is 24.3 Å². The number of carbonyl (C=O) groups is 1. The molecule has 1 saturated carbocycles. The van der Waals surface area contributed by atoms with Crippen molar-refractivity contribution in [2.24, 2.45) is 11.3 Å². The van der Waals surface area contributed by atoms with E-state index < -0.39 is 11.5 Å². The smallest absolute Gasteiger partial charge is 0.254 e. The molecule has 29 heavy (non-hydrogen) atoms. The molecule has 2 fully saturated rings. The molecule has 154 valence electrons. The van der Waals surface area contributed by atoms with Gasteiger partial charge >= 0.3 is 0 Å². The standard InChI is InChI=1S/C22H27N3O4/c1-3-18-23-13(2)15(21(29)24-18)9-19(28)25-10-17(27)22(12-25)16(11-26)20(22)14-7-5-4-6-8-14/h4-8,16-17,20,26-27H,3,9-12H2,1-2H3,(H,23,24,29)/t16-,17+,20-,22-/m1/s1. The number of aromatic nitrogens is 2. The van der Waals surface area contributed by atoms with E-state index >= 15 is 0 Å². The molecule has 1 aliphatic carbocycles. The third-order valence-electron chi connectivity index (χ3n) is 6.68. The highest BCUT2D eigenvalue weighted by atomic mass is 16.3. The molecule has 1 aromatic carbocycles.